The summed E-state index contributed by atoms with van der Waals surface area (Å²) in [6.07, 6.45) is 1.02. The summed E-state index contributed by atoms with van der Waals surface area (Å²) in [5.41, 5.74) is 2.24. The summed E-state index contributed by atoms with van der Waals surface area (Å²) in [4.78, 5) is 0. The summed E-state index contributed by atoms with van der Waals surface area (Å²) in [5, 5.41) is 15.7. The van der Waals surface area contributed by atoms with Crippen LogP contribution in [0.2, 0.25) is 0 Å². The van der Waals surface area contributed by atoms with Gasteiger partial charge in [-0.25, -0.2) is 4.68 Å². The number of hydrogen-bond acceptors (Lipinski definition) is 7. The average Bonchev–Trinajstić information content (AvgIpc) is 3.14. The van der Waals surface area contributed by atoms with Crippen LogP contribution in [-0.4, -0.2) is 39.6 Å². The molecule has 1 heterocycles. The number of tetrazole rings is 1. The molecular weight excluding hydrogens is 490 g/mol. The summed E-state index contributed by atoms with van der Waals surface area (Å²) in [7, 11) is 3.51. The van der Waals surface area contributed by atoms with Gasteiger partial charge in [0.15, 0.2) is 11.5 Å². The van der Waals surface area contributed by atoms with Crippen molar-refractivity contribution in [3.63, 3.8) is 0 Å². The first-order valence-corrected chi connectivity index (χ1v) is 11.0. The molecule has 0 saturated carbocycles. The highest BCUT2D eigenvalue weighted by atomic mass is 79.9. The van der Waals surface area contributed by atoms with Gasteiger partial charge < -0.3 is 14.8 Å². The van der Waals surface area contributed by atoms with Crippen LogP contribution in [0, 0.1) is 0 Å². The molecule has 0 atom stereocenters. The van der Waals surface area contributed by atoms with E-state index in [9.17, 15) is 0 Å². The molecule has 0 fully saturated rings. The normalized spacial score (nSPS) is 10.5. The molecule has 0 amide bonds. The lowest BCUT2D eigenvalue weighted by molar-refractivity contribution is 0.282. The third-order valence-electron chi connectivity index (χ3n) is 4.15. The van der Waals surface area contributed by atoms with Crippen LogP contribution in [0.25, 0.3) is 0 Å². The molecule has 7 nitrogen and oxygen atoms in total. The summed E-state index contributed by atoms with van der Waals surface area (Å²) in [6.45, 7) is 2.15. The second kappa shape index (κ2) is 12.8. The van der Waals surface area contributed by atoms with Gasteiger partial charge >= 0.3 is 0 Å². The van der Waals surface area contributed by atoms with E-state index in [0.717, 1.165) is 51.8 Å². The molecule has 0 aliphatic heterocycles. The van der Waals surface area contributed by atoms with E-state index >= 15 is 0 Å². The van der Waals surface area contributed by atoms with Crippen LogP contribution in [0.15, 0.2) is 52.1 Å². The van der Waals surface area contributed by atoms with Gasteiger partial charge in [0.2, 0.25) is 5.16 Å². The van der Waals surface area contributed by atoms with Crippen molar-refractivity contribution in [1.29, 1.82) is 0 Å². The predicted octanol–water partition coefficient (Wildman–Crippen LogP) is 4.25. The standard InChI is InChI=1S/C20H24BrN5O2S.ClH/c1-26-20(23-24-25-26)29-10-6-9-22-13-16-11-17(21)19(18(12-16)27-2)28-14-15-7-4-3-5-8-15;/h3-5,7-8,11-12,22H,6,9-10,13-14H2,1-2H3;1H. The number of ether oxygens (including phenoxy) is 2. The van der Waals surface area contributed by atoms with Crippen LogP contribution in [0.3, 0.4) is 0 Å². The van der Waals surface area contributed by atoms with Crippen molar-refractivity contribution in [2.45, 2.75) is 24.7 Å². The number of nitrogens with zero attached hydrogens (tertiary/aromatic N) is 4. The van der Waals surface area contributed by atoms with Gasteiger partial charge in [0, 0.05) is 19.3 Å². The number of aromatic nitrogens is 4. The van der Waals surface area contributed by atoms with Crippen molar-refractivity contribution >= 4 is 40.1 Å². The van der Waals surface area contributed by atoms with Crippen LogP contribution in [-0.2, 0) is 20.2 Å². The van der Waals surface area contributed by atoms with Crippen LogP contribution in [0.5, 0.6) is 11.5 Å². The van der Waals surface area contributed by atoms with Crippen molar-refractivity contribution in [1.82, 2.24) is 25.5 Å². The lowest BCUT2D eigenvalue weighted by Gasteiger charge is -2.15. The van der Waals surface area contributed by atoms with Crippen molar-refractivity contribution in [3.05, 3.63) is 58.1 Å². The first-order chi connectivity index (χ1) is 14.2. The SMILES string of the molecule is COc1cc(CNCCCSc2nnnn2C)cc(Br)c1OCc1ccccc1.Cl. The zero-order valence-electron chi connectivity index (χ0n) is 16.9. The Balaban J connectivity index is 0.00000320. The average molecular weight is 515 g/mol. The fourth-order valence-electron chi connectivity index (χ4n) is 2.68. The number of halogens is 2. The number of nitrogens with one attached hydrogen (secondary N) is 1. The first kappa shape index (κ1) is 24.5. The van der Waals surface area contributed by atoms with Crippen molar-refractivity contribution in [2.24, 2.45) is 7.05 Å². The van der Waals surface area contributed by atoms with Crippen LogP contribution >= 0.6 is 40.1 Å². The summed E-state index contributed by atoms with van der Waals surface area (Å²) in [5.74, 6) is 2.40. The molecule has 0 saturated heterocycles. The molecule has 30 heavy (non-hydrogen) atoms. The third-order valence-corrected chi connectivity index (χ3v) is 5.84. The van der Waals surface area contributed by atoms with Crippen molar-refractivity contribution in [2.75, 3.05) is 19.4 Å². The van der Waals surface area contributed by atoms with Crippen LogP contribution < -0.4 is 14.8 Å². The fraction of sp³-hybridized carbons (Fsp3) is 0.350. The maximum Gasteiger partial charge on any atom is 0.209 e. The minimum Gasteiger partial charge on any atom is -0.493 e. The summed E-state index contributed by atoms with van der Waals surface area (Å²) >= 11 is 5.27. The quantitative estimate of drug-likeness (QED) is 0.303. The Bertz CT molecular complexity index is 913. The van der Waals surface area contributed by atoms with Crippen LogP contribution in [0.4, 0.5) is 0 Å². The molecule has 3 rings (SSSR count). The monoisotopic (exact) mass is 513 g/mol. The van der Waals surface area contributed by atoms with E-state index in [-0.39, 0.29) is 12.4 Å². The van der Waals surface area contributed by atoms with Gasteiger partial charge in [-0.3, -0.25) is 0 Å². The minimum atomic E-state index is 0. The largest absolute Gasteiger partial charge is 0.493 e. The zero-order chi connectivity index (χ0) is 20.5. The Kier molecular flexibility index (Phi) is 10.4. The Morgan fingerprint density at radius 3 is 2.67 bits per heavy atom. The second-order valence-electron chi connectivity index (χ2n) is 6.35. The molecule has 2 aromatic carbocycles. The van der Waals surface area contributed by atoms with E-state index in [0.29, 0.717) is 12.4 Å². The molecule has 1 N–H and O–H groups in total. The van der Waals surface area contributed by atoms with Gasteiger partial charge in [-0.2, -0.15) is 0 Å². The summed E-state index contributed by atoms with van der Waals surface area (Å²) < 4.78 is 14.1. The maximum absolute atomic E-state index is 5.99. The number of aryl methyl sites for hydroxylation is 1. The van der Waals surface area contributed by atoms with E-state index in [4.69, 9.17) is 9.47 Å². The molecule has 162 valence electrons. The van der Waals surface area contributed by atoms with Crippen molar-refractivity contribution in [3.8, 4) is 11.5 Å². The van der Waals surface area contributed by atoms with Crippen LogP contribution in [0.1, 0.15) is 17.5 Å². The smallest absolute Gasteiger partial charge is 0.209 e. The van der Waals surface area contributed by atoms with E-state index in [1.54, 1.807) is 23.6 Å². The summed E-state index contributed by atoms with van der Waals surface area (Å²) in [6, 6.07) is 14.2. The lowest BCUT2D eigenvalue weighted by atomic mass is 10.2. The van der Waals surface area contributed by atoms with E-state index in [1.165, 1.54) is 0 Å². The molecule has 0 unspecified atom stereocenters. The topological polar surface area (TPSA) is 74.1 Å². The molecular formula is C20H25BrClN5O2S. The van der Waals surface area contributed by atoms with Gasteiger partial charge in [-0.05, 0) is 62.6 Å². The maximum atomic E-state index is 5.99. The zero-order valence-corrected chi connectivity index (χ0v) is 20.1. The van der Waals surface area contributed by atoms with E-state index in [1.807, 2.05) is 43.4 Å². The predicted molar refractivity (Wildman–Crippen MR) is 125 cm³/mol. The Hall–Kier alpha value is -1.81. The molecule has 0 bridgehead atoms. The van der Waals surface area contributed by atoms with Gasteiger partial charge in [0.05, 0.1) is 11.6 Å². The van der Waals surface area contributed by atoms with Gasteiger partial charge in [-0.1, -0.05) is 42.1 Å². The molecule has 0 radical (unpaired) electrons. The highest BCUT2D eigenvalue weighted by molar-refractivity contribution is 9.10. The third kappa shape index (κ3) is 7.16. The van der Waals surface area contributed by atoms with Crippen molar-refractivity contribution < 1.29 is 9.47 Å². The Morgan fingerprint density at radius 2 is 1.97 bits per heavy atom. The number of rotatable bonds is 11. The Labute approximate surface area is 195 Å². The highest BCUT2D eigenvalue weighted by Crippen LogP contribution is 2.37. The molecule has 1 aromatic heterocycles. The molecule has 3 aromatic rings. The second-order valence-corrected chi connectivity index (χ2v) is 8.26. The number of methoxy groups -OCH3 is 1. The highest BCUT2D eigenvalue weighted by Gasteiger charge is 2.12. The number of hydrogen-bond donors (Lipinski definition) is 1. The number of benzene rings is 2. The van der Waals surface area contributed by atoms with Gasteiger partial charge in [-0.15, -0.1) is 17.5 Å². The number of thioether (sulfide) groups is 1. The first-order valence-electron chi connectivity index (χ1n) is 9.26. The minimum absolute atomic E-state index is 0. The molecule has 0 spiro atoms. The molecule has 0 aliphatic carbocycles. The Morgan fingerprint density at radius 1 is 1.17 bits per heavy atom. The molecule has 10 heteroatoms. The lowest BCUT2D eigenvalue weighted by Crippen LogP contribution is -2.15. The van der Waals surface area contributed by atoms with Gasteiger partial charge in [0.1, 0.15) is 6.61 Å². The van der Waals surface area contributed by atoms with E-state index < -0.39 is 0 Å². The van der Waals surface area contributed by atoms with Gasteiger partial charge in [0.25, 0.3) is 0 Å². The molecule has 0 aliphatic rings. The van der Waals surface area contributed by atoms with E-state index in [2.05, 4.69) is 42.8 Å². The fourth-order valence-corrected chi connectivity index (χ4v) is 4.07.